The third-order valence-electron chi connectivity index (χ3n) is 23.3. The summed E-state index contributed by atoms with van der Waals surface area (Å²) in [4.78, 5) is 0. The Morgan fingerprint density at radius 3 is 0.868 bits per heavy atom. The molecule has 3 nitrogen and oxygen atoms in total. The second kappa shape index (κ2) is 24.0. The zero-order valence-corrected chi connectivity index (χ0v) is 58.0. The highest BCUT2D eigenvalue weighted by atomic mass is 15.0. The lowest BCUT2D eigenvalue weighted by Gasteiger charge is -2.23. The molecule has 494 valence electrons. The molecule has 2 aliphatic rings. The first-order chi connectivity index (χ1) is 52.5. The Morgan fingerprint density at radius 1 is 0.179 bits per heavy atom. The van der Waals surface area contributed by atoms with E-state index in [1.807, 2.05) is 0 Å². The van der Waals surface area contributed by atoms with E-state index in [1.54, 1.807) is 0 Å². The predicted molar refractivity (Wildman–Crippen MR) is 447 cm³/mol. The second-order valence-corrected chi connectivity index (χ2v) is 29.0. The van der Waals surface area contributed by atoms with Gasteiger partial charge < -0.3 is 13.7 Å². The molecule has 3 heteroatoms. The molecule has 0 saturated heterocycles. The molecule has 0 fully saturated rings. The Balaban J connectivity index is 0.706. The van der Waals surface area contributed by atoms with Gasteiger partial charge in [0.05, 0.1) is 33.1 Å². The lowest BCUT2D eigenvalue weighted by atomic mass is 9.80. The first-order valence-electron chi connectivity index (χ1n) is 37.1. The van der Waals surface area contributed by atoms with Crippen molar-refractivity contribution in [1.29, 1.82) is 0 Å². The highest BCUT2D eigenvalue weighted by Gasteiger charge is 2.40. The summed E-state index contributed by atoms with van der Waals surface area (Å²) < 4.78 is 7.22. The fourth-order valence-electron chi connectivity index (χ4n) is 18.4. The SMILES string of the molecule is C1=CC2c3cc(-c4cc(-c5ccc6c7ccc(-c8cc(-c9ccc%10c(c9)c9ccccc9n%10-c9ccccc9)cc(-c9ccc%10c(c9)c9ccccc9n%10-c9ccccc9)c8)cc7c7ccccc7c6c5)cc(-c5ccc6c(c5)c5ccccc5n6-c5ccccc5)c4)ccc3C(c3ccccc3)C2C=C1. The van der Waals surface area contributed by atoms with E-state index in [4.69, 9.17) is 0 Å². The van der Waals surface area contributed by atoms with E-state index < -0.39 is 0 Å². The molecule has 0 amide bonds. The molecule has 0 N–H and O–H groups in total. The van der Waals surface area contributed by atoms with E-state index in [0.29, 0.717) is 17.8 Å². The standard InChI is InChI=1S/C103H67N3/c1-5-23-65(24-6-1)103-89-37-16-15-33-83(89)93-61-68(43-49-90(93)103)74-53-72(54-75(57-74)69-44-50-100-94(62-69)86-34-17-20-38-97(86)104(100)78-25-7-2-8-26-78)66-41-47-84-85-48-42-67(60-92(85)82-32-14-13-31-81(82)91(84)59-66)73-55-76(70-45-51-101-95(63-70)87-35-18-21-39-98(87)105(101)79-27-9-3-10-28-79)58-77(56-73)71-46-52-102-96(64-71)88-36-19-22-40-99(88)106(102)80-29-11-4-12-30-80/h1-64,83,89,103H. The summed E-state index contributed by atoms with van der Waals surface area (Å²) in [7, 11) is 0. The molecule has 3 heterocycles. The van der Waals surface area contributed by atoms with Crippen LogP contribution in [0.2, 0.25) is 0 Å². The van der Waals surface area contributed by atoms with Crippen LogP contribution in [0.15, 0.2) is 388 Å². The molecule has 0 spiro atoms. The average molecular weight is 1350 g/mol. The van der Waals surface area contributed by atoms with Gasteiger partial charge in [0.15, 0.2) is 0 Å². The number of hydrogen-bond donors (Lipinski definition) is 0. The van der Waals surface area contributed by atoms with Crippen molar-refractivity contribution in [3.63, 3.8) is 0 Å². The Morgan fingerprint density at radius 2 is 0.472 bits per heavy atom. The van der Waals surface area contributed by atoms with Crippen LogP contribution in [0.1, 0.15) is 28.5 Å². The van der Waals surface area contributed by atoms with E-state index in [9.17, 15) is 0 Å². The number of rotatable bonds is 10. The van der Waals surface area contributed by atoms with Gasteiger partial charge >= 0.3 is 0 Å². The Hall–Kier alpha value is -13.6. The molecule has 0 saturated carbocycles. The largest absolute Gasteiger partial charge is 0.309 e. The summed E-state index contributed by atoms with van der Waals surface area (Å²) >= 11 is 0. The number of allylic oxidation sites excluding steroid dienone is 4. The lowest BCUT2D eigenvalue weighted by Crippen LogP contribution is -2.11. The first-order valence-corrected chi connectivity index (χ1v) is 37.1. The molecule has 3 unspecified atom stereocenters. The molecule has 2 aliphatic carbocycles. The number of nitrogens with zero attached hydrogens (tertiary/aromatic N) is 3. The van der Waals surface area contributed by atoms with Crippen molar-refractivity contribution in [2.24, 2.45) is 5.92 Å². The van der Waals surface area contributed by atoms with E-state index in [-0.39, 0.29) is 0 Å². The zero-order valence-electron chi connectivity index (χ0n) is 58.0. The maximum absolute atomic E-state index is 2.52. The van der Waals surface area contributed by atoms with Gasteiger partial charge in [-0.15, -0.1) is 0 Å². The highest BCUT2D eigenvalue weighted by molar-refractivity contribution is 6.26. The maximum Gasteiger partial charge on any atom is 0.0541 e. The Bertz CT molecular complexity index is 6870. The minimum atomic E-state index is 0.291. The van der Waals surface area contributed by atoms with Crippen LogP contribution in [0.25, 0.3) is 182 Å². The van der Waals surface area contributed by atoms with Gasteiger partial charge in [-0.25, -0.2) is 0 Å². The molecule has 0 bridgehead atoms. The molecule has 0 radical (unpaired) electrons. The number of aromatic nitrogens is 3. The third kappa shape index (κ3) is 9.53. The van der Waals surface area contributed by atoms with Crippen molar-refractivity contribution in [3.8, 4) is 83.8 Å². The van der Waals surface area contributed by atoms with Gasteiger partial charge in [0.1, 0.15) is 0 Å². The monoisotopic (exact) mass is 1350 g/mol. The molecular formula is C103H67N3. The van der Waals surface area contributed by atoms with E-state index in [0.717, 1.165) is 33.8 Å². The fourth-order valence-corrected chi connectivity index (χ4v) is 18.4. The summed E-state index contributed by atoms with van der Waals surface area (Å²) in [6, 6.07) is 137. The molecule has 20 aromatic rings. The predicted octanol–water partition coefficient (Wildman–Crippen LogP) is 27.4. The zero-order chi connectivity index (χ0) is 69.5. The van der Waals surface area contributed by atoms with Gasteiger partial charge in [-0.2, -0.15) is 0 Å². The molecule has 3 atom stereocenters. The van der Waals surface area contributed by atoms with Crippen LogP contribution in [0.5, 0.6) is 0 Å². The van der Waals surface area contributed by atoms with Crippen LogP contribution in [0.3, 0.4) is 0 Å². The topological polar surface area (TPSA) is 14.8 Å². The summed E-state index contributed by atoms with van der Waals surface area (Å²) in [5, 5.41) is 14.8. The fraction of sp³-hybridized carbons (Fsp3) is 0.0291. The van der Waals surface area contributed by atoms with Crippen LogP contribution in [-0.4, -0.2) is 13.7 Å². The summed E-state index contributed by atoms with van der Waals surface area (Å²) in [6.45, 7) is 0. The molecule has 106 heavy (non-hydrogen) atoms. The summed E-state index contributed by atoms with van der Waals surface area (Å²) in [6.07, 6.45) is 9.37. The van der Waals surface area contributed by atoms with Gasteiger partial charge in [0, 0.05) is 61.2 Å². The van der Waals surface area contributed by atoms with Crippen molar-refractivity contribution >= 4 is 97.7 Å². The molecular weight excluding hydrogens is 1280 g/mol. The van der Waals surface area contributed by atoms with Crippen molar-refractivity contribution in [2.75, 3.05) is 0 Å². The average Bonchev–Trinajstić information content (AvgIpc) is 1.32. The first kappa shape index (κ1) is 60.0. The third-order valence-corrected chi connectivity index (χ3v) is 23.3. The van der Waals surface area contributed by atoms with Gasteiger partial charge in [0.2, 0.25) is 0 Å². The van der Waals surface area contributed by atoms with Crippen molar-refractivity contribution in [2.45, 2.75) is 11.8 Å². The van der Waals surface area contributed by atoms with E-state index in [1.165, 1.54) is 164 Å². The van der Waals surface area contributed by atoms with Gasteiger partial charge in [-0.1, -0.05) is 249 Å². The number of fused-ring (bicyclic) bond motifs is 18. The summed E-state index contributed by atoms with van der Waals surface area (Å²) in [5.41, 5.74) is 29.0. The van der Waals surface area contributed by atoms with Gasteiger partial charge in [0.25, 0.3) is 0 Å². The molecule has 0 aliphatic heterocycles. The highest BCUT2D eigenvalue weighted by Crippen LogP contribution is 2.54. The molecule has 22 rings (SSSR count). The van der Waals surface area contributed by atoms with Crippen molar-refractivity contribution in [3.05, 3.63) is 405 Å². The quantitative estimate of drug-likeness (QED) is 0.121. The number of para-hydroxylation sites is 6. The van der Waals surface area contributed by atoms with E-state index >= 15 is 0 Å². The number of benzene rings is 17. The second-order valence-electron chi connectivity index (χ2n) is 29.0. The lowest BCUT2D eigenvalue weighted by molar-refractivity contribution is 0.567. The van der Waals surface area contributed by atoms with Crippen molar-refractivity contribution in [1.82, 2.24) is 13.7 Å². The van der Waals surface area contributed by atoms with Crippen LogP contribution in [-0.2, 0) is 0 Å². The van der Waals surface area contributed by atoms with Crippen LogP contribution in [0, 0.1) is 5.92 Å². The van der Waals surface area contributed by atoms with Crippen LogP contribution >= 0.6 is 0 Å². The number of hydrogen-bond acceptors (Lipinski definition) is 0. The van der Waals surface area contributed by atoms with Crippen LogP contribution < -0.4 is 0 Å². The summed E-state index contributed by atoms with van der Waals surface area (Å²) in [5.74, 6) is 0.947. The minimum absolute atomic E-state index is 0.291. The Labute approximate surface area is 614 Å². The van der Waals surface area contributed by atoms with E-state index in [2.05, 4.69) is 402 Å². The van der Waals surface area contributed by atoms with Crippen molar-refractivity contribution < 1.29 is 0 Å². The molecule has 17 aromatic carbocycles. The Kier molecular flexibility index (Phi) is 13.6. The minimum Gasteiger partial charge on any atom is -0.309 e. The van der Waals surface area contributed by atoms with Gasteiger partial charge in [-0.05, 0) is 261 Å². The molecule has 3 aromatic heterocycles. The van der Waals surface area contributed by atoms with Gasteiger partial charge in [-0.3, -0.25) is 0 Å². The normalized spacial score (nSPS) is 14.8. The maximum atomic E-state index is 2.52. The smallest absolute Gasteiger partial charge is 0.0541 e. The van der Waals surface area contributed by atoms with Crippen LogP contribution in [0.4, 0.5) is 0 Å².